The van der Waals surface area contributed by atoms with Gasteiger partial charge in [0.05, 0.1) is 5.60 Å². The van der Waals surface area contributed by atoms with E-state index in [2.05, 4.69) is 10.6 Å². The van der Waals surface area contributed by atoms with Crippen LogP contribution < -0.4 is 15.4 Å². The van der Waals surface area contributed by atoms with Crippen LogP contribution in [0.2, 0.25) is 0 Å². The SMILES string of the molecule is Cc1c(NC(=O)NCCC2(O)CCC2)cccc1OCC(F)(F)F. The molecule has 0 spiro atoms. The highest BCUT2D eigenvalue weighted by Gasteiger charge is 2.33. The monoisotopic (exact) mass is 346 g/mol. The minimum Gasteiger partial charge on any atom is -0.484 e. The van der Waals surface area contributed by atoms with E-state index in [1.807, 2.05) is 0 Å². The number of benzene rings is 1. The number of amides is 2. The number of carbonyl (C=O) groups excluding carboxylic acids is 1. The number of urea groups is 1. The van der Waals surface area contributed by atoms with E-state index >= 15 is 0 Å². The minimum absolute atomic E-state index is 0.0638. The van der Waals surface area contributed by atoms with Crippen LogP contribution in [0.4, 0.5) is 23.7 Å². The van der Waals surface area contributed by atoms with Gasteiger partial charge in [0.2, 0.25) is 0 Å². The van der Waals surface area contributed by atoms with Crippen molar-refractivity contribution < 1.29 is 27.8 Å². The quantitative estimate of drug-likeness (QED) is 0.740. The summed E-state index contributed by atoms with van der Waals surface area (Å²) >= 11 is 0. The fourth-order valence-electron chi connectivity index (χ4n) is 2.48. The zero-order valence-electron chi connectivity index (χ0n) is 13.4. The molecule has 0 saturated heterocycles. The van der Waals surface area contributed by atoms with E-state index in [0.717, 1.165) is 19.3 Å². The van der Waals surface area contributed by atoms with Crippen molar-refractivity contribution in [2.75, 3.05) is 18.5 Å². The van der Waals surface area contributed by atoms with Crippen LogP contribution in [-0.4, -0.2) is 36.1 Å². The summed E-state index contributed by atoms with van der Waals surface area (Å²) in [6, 6.07) is 4.02. The number of alkyl halides is 3. The van der Waals surface area contributed by atoms with Gasteiger partial charge in [-0.25, -0.2) is 4.79 Å². The minimum atomic E-state index is -4.42. The first-order chi connectivity index (χ1) is 11.2. The summed E-state index contributed by atoms with van der Waals surface area (Å²) in [5.74, 6) is 0.0638. The summed E-state index contributed by atoms with van der Waals surface area (Å²) in [6.07, 6.45) is -1.46. The summed E-state index contributed by atoms with van der Waals surface area (Å²) in [6.45, 7) is 0.506. The average Bonchev–Trinajstić information content (AvgIpc) is 2.45. The number of nitrogens with one attached hydrogen (secondary N) is 2. The zero-order valence-corrected chi connectivity index (χ0v) is 13.4. The van der Waals surface area contributed by atoms with Crippen LogP contribution in [0.5, 0.6) is 5.75 Å². The number of hydrogen-bond acceptors (Lipinski definition) is 3. The number of halogens is 3. The molecule has 0 atom stereocenters. The summed E-state index contributed by atoms with van der Waals surface area (Å²) in [5, 5.41) is 15.1. The molecule has 1 aromatic rings. The molecule has 1 aliphatic rings. The lowest BCUT2D eigenvalue weighted by atomic mass is 9.78. The summed E-state index contributed by atoms with van der Waals surface area (Å²) in [5.41, 5.74) is 0.109. The molecule has 2 amide bonds. The van der Waals surface area contributed by atoms with E-state index < -0.39 is 24.4 Å². The predicted molar refractivity (Wildman–Crippen MR) is 83.2 cm³/mol. The lowest BCUT2D eigenvalue weighted by Crippen LogP contribution is -2.41. The molecule has 5 nitrogen and oxygen atoms in total. The molecule has 134 valence electrons. The largest absolute Gasteiger partial charge is 0.484 e. The molecule has 8 heteroatoms. The summed E-state index contributed by atoms with van der Waals surface area (Å²) in [7, 11) is 0. The molecule has 0 unspecified atom stereocenters. The number of ether oxygens (including phenoxy) is 1. The topological polar surface area (TPSA) is 70.6 Å². The Morgan fingerprint density at radius 3 is 2.67 bits per heavy atom. The Kier molecular flexibility index (Phi) is 5.58. The third kappa shape index (κ3) is 5.30. The average molecular weight is 346 g/mol. The van der Waals surface area contributed by atoms with Crippen LogP contribution in [0.15, 0.2) is 18.2 Å². The molecule has 0 aliphatic heterocycles. The number of anilines is 1. The Morgan fingerprint density at radius 1 is 1.38 bits per heavy atom. The molecular formula is C16H21F3N2O3. The van der Waals surface area contributed by atoms with Gasteiger partial charge in [-0.15, -0.1) is 0 Å². The number of aliphatic hydroxyl groups is 1. The van der Waals surface area contributed by atoms with Crippen molar-refractivity contribution in [2.24, 2.45) is 0 Å². The molecular weight excluding hydrogens is 325 g/mol. The highest BCUT2D eigenvalue weighted by atomic mass is 19.4. The van der Waals surface area contributed by atoms with Crippen LogP contribution in [0, 0.1) is 6.92 Å². The maximum absolute atomic E-state index is 12.2. The smallest absolute Gasteiger partial charge is 0.422 e. The molecule has 1 fully saturated rings. The maximum Gasteiger partial charge on any atom is 0.422 e. The van der Waals surface area contributed by atoms with Crippen molar-refractivity contribution in [3.8, 4) is 5.75 Å². The Morgan fingerprint density at radius 2 is 2.08 bits per heavy atom. The summed E-state index contributed by atoms with van der Waals surface area (Å²) in [4.78, 5) is 11.9. The van der Waals surface area contributed by atoms with E-state index in [4.69, 9.17) is 4.74 Å². The predicted octanol–water partition coefficient (Wildman–Crippen LogP) is 3.36. The van der Waals surface area contributed by atoms with Crippen molar-refractivity contribution in [1.29, 1.82) is 0 Å². The second-order valence-electron chi connectivity index (χ2n) is 6.04. The number of carbonyl (C=O) groups is 1. The van der Waals surface area contributed by atoms with Crippen LogP contribution >= 0.6 is 0 Å². The van der Waals surface area contributed by atoms with E-state index in [9.17, 15) is 23.1 Å². The van der Waals surface area contributed by atoms with E-state index in [1.165, 1.54) is 12.1 Å². The Bertz CT molecular complexity index is 586. The molecule has 0 aromatic heterocycles. The zero-order chi connectivity index (χ0) is 17.8. The fraction of sp³-hybridized carbons (Fsp3) is 0.562. The van der Waals surface area contributed by atoms with Gasteiger partial charge in [-0.3, -0.25) is 0 Å². The lowest BCUT2D eigenvalue weighted by molar-refractivity contribution is -0.153. The van der Waals surface area contributed by atoms with E-state index in [0.29, 0.717) is 24.2 Å². The standard InChI is InChI=1S/C16H21F3N2O3/c1-11-12(4-2-5-13(11)24-10-16(17,18)19)21-14(22)20-9-8-15(23)6-3-7-15/h2,4-5,23H,3,6-10H2,1H3,(H2,20,21,22). The highest BCUT2D eigenvalue weighted by Crippen LogP contribution is 2.34. The summed E-state index contributed by atoms with van der Waals surface area (Å²) < 4.78 is 41.4. The first-order valence-corrected chi connectivity index (χ1v) is 7.75. The fourth-order valence-corrected chi connectivity index (χ4v) is 2.48. The molecule has 0 bridgehead atoms. The molecule has 1 aromatic carbocycles. The third-order valence-electron chi connectivity index (χ3n) is 4.08. The Balaban J connectivity index is 1.85. The first-order valence-electron chi connectivity index (χ1n) is 7.75. The van der Waals surface area contributed by atoms with Gasteiger partial charge in [0.1, 0.15) is 5.75 Å². The van der Waals surface area contributed by atoms with Crippen LogP contribution in [0.1, 0.15) is 31.2 Å². The van der Waals surface area contributed by atoms with Crippen LogP contribution in [0.3, 0.4) is 0 Å². The van der Waals surface area contributed by atoms with Crippen molar-refractivity contribution in [2.45, 2.75) is 44.4 Å². The van der Waals surface area contributed by atoms with Crippen molar-refractivity contribution in [3.05, 3.63) is 23.8 Å². The molecule has 3 N–H and O–H groups in total. The molecule has 24 heavy (non-hydrogen) atoms. The lowest BCUT2D eigenvalue weighted by Gasteiger charge is -2.36. The number of rotatable bonds is 6. The number of hydrogen-bond donors (Lipinski definition) is 3. The van der Waals surface area contributed by atoms with Gasteiger partial charge < -0.3 is 20.5 Å². The van der Waals surface area contributed by atoms with Crippen LogP contribution in [-0.2, 0) is 0 Å². The van der Waals surface area contributed by atoms with Gasteiger partial charge in [0, 0.05) is 17.8 Å². The van der Waals surface area contributed by atoms with Crippen LogP contribution in [0.25, 0.3) is 0 Å². The molecule has 1 saturated carbocycles. The molecule has 1 aliphatic carbocycles. The second kappa shape index (κ2) is 7.29. The van der Waals surface area contributed by atoms with Crippen molar-refractivity contribution in [1.82, 2.24) is 5.32 Å². The van der Waals surface area contributed by atoms with Gasteiger partial charge in [0.15, 0.2) is 6.61 Å². The van der Waals surface area contributed by atoms with Gasteiger partial charge in [-0.2, -0.15) is 13.2 Å². The van der Waals surface area contributed by atoms with E-state index in [1.54, 1.807) is 13.0 Å². The normalized spacial score (nSPS) is 16.2. The molecule has 0 radical (unpaired) electrons. The van der Waals surface area contributed by atoms with Gasteiger partial charge in [0.25, 0.3) is 0 Å². The Hall–Kier alpha value is -1.96. The first kappa shape index (κ1) is 18.4. The Labute approximate surface area is 138 Å². The second-order valence-corrected chi connectivity index (χ2v) is 6.04. The van der Waals surface area contributed by atoms with E-state index in [-0.39, 0.29) is 5.75 Å². The van der Waals surface area contributed by atoms with Gasteiger partial charge in [-0.1, -0.05) is 6.07 Å². The van der Waals surface area contributed by atoms with Gasteiger partial charge >= 0.3 is 12.2 Å². The van der Waals surface area contributed by atoms with Crippen molar-refractivity contribution >= 4 is 11.7 Å². The maximum atomic E-state index is 12.2. The van der Waals surface area contributed by atoms with Crippen molar-refractivity contribution in [3.63, 3.8) is 0 Å². The third-order valence-corrected chi connectivity index (χ3v) is 4.08. The van der Waals surface area contributed by atoms with Gasteiger partial charge in [-0.05, 0) is 44.7 Å². The molecule has 0 heterocycles. The molecule has 2 rings (SSSR count). The highest BCUT2D eigenvalue weighted by molar-refractivity contribution is 5.90.